The first-order valence-electron chi connectivity index (χ1n) is 7.68. The molecule has 0 aliphatic heterocycles. The highest BCUT2D eigenvalue weighted by molar-refractivity contribution is 5.85. The molecule has 0 radical (unpaired) electrons. The van der Waals surface area contributed by atoms with E-state index in [2.05, 4.69) is 31.3 Å². The summed E-state index contributed by atoms with van der Waals surface area (Å²) >= 11 is 0. The molecule has 0 saturated heterocycles. The Bertz CT molecular complexity index is 397. The molecule has 1 amide bonds. The number of halogens is 1. The fraction of sp³-hybridized carbons (Fsp3) is 0.588. The summed E-state index contributed by atoms with van der Waals surface area (Å²) in [6, 6.07) is 10.0. The van der Waals surface area contributed by atoms with Crippen LogP contribution in [0.4, 0.5) is 0 Å². The molecule has 0 saturated carbocycles. The minimum absolute atomic E-state index is 0. The molecule has 4 heteroatoms. The van der Waals surface area contributed by atoms with Crippen LogP contribution >= 0.6 is 12.4 Å². The normalized spacial score (nSPS) is 14.7. The highest BCUT2D eigenvalue weighted by atomic mass is 35.5. The second-order valence-electron chi connectivity index (χ2n) is 5.60. The van der Waals surface area contributed by atoms with E-state index >= 15 is 0 Å². The van der Waals surface area contributed by atoms with E-state index in [1.807, 2.05) is 25.1 Å². The molecule has 1 aromatic carbocycles. The summed E-state index contributed by atoms with van der Waals surface area (Å²) in [6.45, 7) is 6.22. The van der Waals surface area contributed by atoms with Crippen LogP contribution in [0.1, 0.15) is 45.6 Å². The van der Waals surface area contributed by atoms with Crippen LogP contribution in [0.3, 0.4) is 0 Å². The van der Waals surface area contributed by atoms with Crippen molar-refractivity contribution in [2.45, 2.75) is 58.5 Å². The SMILES string of the molecule is CCCC(Cc1ccccc1)NC(=O)C(N)C(C)CC.Cl. The van der Waals surface area contributed by atoms with Crippen molar-refractivity contribution in [2.24, 2.45) is 11.7 Å². The zero-order chi connectivity index (χ0) is 15.0. The van der Waals surface area contributed by atoms with Crippen LogP contribution in [-0.2, 0) is 11.2 Å². The molecule has 1 aromatic rings. The minimum Gasteiger partial charge on any atom is -0.352 e. The number of amides is 1. The van der Waals surface area contributed by atoms with Crippen LogP contribution in [0.15, 0.2) is 30.3 Å². The van der Waals surface area contributed by atoms with Gasteiger partial charge in [0.1, 0.15) is 0 Å². The lowest BCUT2D eigenvalue weighted by Gasteiger charge is -2.23. The molecule has 0 aliphatic rings. The van der Waals surface area contributed by atoms with Crippen LogP contribution in [0.25, 0.3) is 0 Å². The van der Waals surface area contributed by atoms with Crippen molar-refractivity contribution in [3.05, 3.63) is 35.9 Å². The van der Waals surface area contributed by atoms with Crippen LogP contribution < -0.4 is 11.1 Å². The summed E-state index contributed by atoms with van der Waals surface area (Å²) < 4.78 is 0. The maximum absolute atomic E-state index is 12.2. The topological polar surface area (TPSA) is 55.1 Å². The summed E-state index contributed by atoms with van der Waals surface area (Å²) in [5.74, 6) is 0.197. The van der Waals surface area contributed by atoms with E-state index in [0.29, 0.717) is 0 Å². The highest BCUT2D eigenvalue weighted by Crippen LogP contribution is 2.10. The average Bonchev–Trinajstić information content (AvgIpc) is 2.46. The van der Waals surface area contributed by atoms with Gasteiger partial charge in [0, 0.05) is 6.04 Å². The molecule has 1 rings (SSSR count). The van der Waals surface area contributed by atoms with Crippen molar-refractivity contribution in [1.29, 1.82) is 0 Å². The Hall–Kier alpha value is -1.06. The predicted octanol–water partition coefficient (Wildman–Crippen LogP) is 3.31. The first kappa shape index (κ1) is 19.9. The zero-order valence-electron chi connectivity index (χ0n) is 13.3. The standard InChI is InChI=1S/C17H28N2O.ClH/c1-4-9-15(12-14-10-7-6-8-11-14)19-17(20)16(18)13(3)5-2;/h6-8,10-11,13,15-16H,4-5,9,12,18H2,1-3H3,(H,19,20);1H. The lowest BCUT2D eigenvalue weighted by molar-refractivity contribution is -0.124. The molecule has 0 heterocycles. The summed E-state index contributed by atoms with van der Waals surface area (Å²) in [5.41, 5.74) is 7.25. The number of hydrogen-bond donors (Lipinski definition) is 2. The second-order valence-corrected chi connectivity index (χ2v) is 5.60. The molecular weight excluding hydrogens is 284 g/mol. The van der Waals surface area contributed by atoms with E-state index in [-0.39, 0.29) is 30.3 Å². The number of hydrogen-bond acceptors (Lipinski definition) is 2. The molecule has 0 aromatic heterocycles. The van der Waals surface area contributed by atoms with Gasteiger partial charge in [-0.05, 0) is 24.3 Å². The third kappa shape index (κ3) is 6.96. The van der Waals surface area contributed by atoms with Crippen molar-refractivity contribution in [3.63, 3.8) is 0 Å². The van der Waals surface area contributed by atoms with E-state index in [1.54, 1.807) is 0 Å². The third-order valence-corrected chi connectivity index (χ3v) is 3.87. The Morgan fingerprint density at radius 2 is 1.86 bits per heavy atom. The van der Waals surface area contributed by atoms with E-state index in [9.17, 15) is 4.79 Å². The Balaban J connectivity index is 0.00000400. The molecule has 120 valence electrons. The minimum atomic E-state index is -0.407. The molecule has 21 heavy (non-hydrogen) atoms. The summed E-state index contributed by atoms with van der Waals surface area (Å²) in [6.07, 6.45) is 3.82. The molecule has 0 bridgehead atoms. The smallest absolute Gasteiger partial charge is 0.237 e. The lowest BCUT2D eigenvalue weighted by atomic mass is 9.97. The molecule has 0 aliphatic carbocycles. The highest BCUT2D eigenvalue weighted by Gasteiger charge is 2.21. The molecule has 3 nitrogen and oxygen atoms in total. The van der Waals surface area contributed by atoms with Crippen molar-refractivity contribution in [2.75, 3.05) is 0 Å². The van der Waals surface area contributed by atoms with E-state index < -0.39 is 6.04 Å². The molecule has 3 N–H and O–H groups in total. The van der Waals surface area contributed by atoms with Crippen LogP contribution in [0, 0.1) is 5.92 Å². The van der Waals surface area contributed by atoms with E-state index in [1.165, 1.54) is 5.56 Å². The van der Waals surface area contributed by atoms with E-state index in [0.717, 1.165) is 25.7 Å². The Morgan fingerprint density at radius 3 is 2.38 bits per heavy atom. The summed E-state index contributed by atoms with van der Waals surface area (Å²) in [4.78, 5) is 12.2. The van der Waals surface area contributed by atoms with Gasteiger partial charge in [-0.25, -0.2) is 0 Å². The zero-order valence-corrected chi connectivity index (χ0v) is 14.2. The van der Waals surface area contributed by atoms with Gasteiger partial charge in [-0.2, -0.15) is 0 Å². The van der Waals surface area contributed by atoms with Gasteiger partial charge in [0.15, 0.2) is 0 Å². The predicted molar refractivity (Wildman–Crippen MR) is 91.7 cm³/mol. The van der Waals surface area contributed by atoms with Crippen molar-refractivity contribution in [3.8, 4) is 0 Å². The monoisotopic (exact) mass is 312 g/mol. The average molecular weight is 313 g/mol. The summed E-state index contributed by atoms with van der Waals surface area (Å²) in [5, 5.41) is 3.12. The maximum atomic E-state index is 12.2. The van der Waals surface area contributed by atoms with Gasteiger partial charge in [-0.3, -0.25) is 4.79 Å². The molecule has 0 fully saturated rings. The van der Waals surface area contributed by atoms with Crippen molar-refractivity contribution < 1.29 is 4.79 Å². The van der Waals surface area contributed by atoms with Crippen LogP contribution in [0.5, 0.6) is 0 Å². The number of carbonyl (C=O) groups is 1. The molecule has 0 spiro atoms. The fourth-order valence-corrected chi connectivity index (χ4v) is 2.28. The molecule has 3 atom stereocenters. The number of nitrogens with two attached hydrogens (primary N) is 1. The van der Waals surface area contributed by atoms with Crippen molar-refractivity contribution in [1.82, 2.24) is 5.32 Å². The van der Waals surface area contributed by atoms with Gasteiger partial charge in [-0.1, -0.05) is 63.9 Å². The Labute approximate surface area is 135 Å². The van der Waals surface area contributed by atoms with Gasteiger partial charge in [0.25, 0.3) is 0 Å². The number of benzene rings is 1. The molecular formula is C17H29ClN2O. The van der Waals surface area contributed by atoms with Crippen molar-refractivity contribution >= 4 is 18.3 Å². The van der Waals surface area contributed by atoms with Gasteiger partial charge in [-0.15, -0.1) is 12.4 Å². The van der Waals surface area contributed by atoms with Gasteiger partial charge in [0.05, 0.1) is 6.04 Å². The first-order valence-corrected chi connectivity index (χ1v) is 7.68. The fourth-order valence-electron chi connectivity index (χ4n) is 2.28. The molecule has 3 unspecified atom stereocenters. The quantitative estimate of drug-likeness (QED) is 0.773. The number of nitrogens with one attached hydrogen (secondary N) is 1. The Kier molecular flexibility index (Phi) is 10.1. The Morgan fingerprint density at radius 1 is 1.24 bits per heavy atom. The second kappa shape index (κ2) is 10.6. The van der Waals surface area contributed by atoms with Gasteiger partial charge >= 0.3 is 0 Å². The lowest BCUT2D eigenvalue weighted by Crippen LogP contribution is -2.48. The van der Waals surface area contributed by atoms with Gasteiger partial charge < -0.3 is 11.1 Å². The van der Waals surface area contributed by atoms with Crippen LogP contribution in [0.2, 0.25) is 0 Å². The third-order valence-electron chi connectivity index (χ3n) is 3.87. The summed E-state index contributed by atoms with van der Waals surface area (Å²) in [7, 11) is 0. The maximum Gasteiger partial charge on any atom is 0.237 e. The largest absolute Gasteiger partial charge is 0.352 e. The first-order chi connectivity index (χ1) is 9.58. The van der Waals surface area contributed by atoms with E-state index in [4.69, 9.17) is 5.73 Å². The van der Waals surface area contributed by atoms with Crippen LogP contribution in [-0.4, -0.2) is 18.0 Å². The van der Waals surface area contributed by atoms with Gasteiger partial charge in [0.2, 0.25) is 5.91 Å². The number of carbonyl (C=O) groups excluding carboxylic acids is 1. The number of rotatable bonds is 8.